The van der Waals surface area contributed by atoms with Gasteiger partial charge in [-0.2, -0.15) is 0 Å². The maximum atomic E-state index is 12.1. The minimum absolute atomic E-state index is 0.140. The van der Waals surface area contributed by atoms with Gasteiger partial charge in [-0.25, -0.2) is 0 Å². The lowest BCUT2D eigenvalue weighted by molar-refractivity contribution is -0.147. The van der Waals surface area contributed by atoms with Crippen molar-refractivity contribution in [2.45, 2.75) is 70.5 Å². The van der Waals surface area contributed by atoms with Crippen LogP contribution < -0.4 is 0 Å². The fourth-order valence-electron chi connectivity index (χ4n) is 3.97. The molecule has 3 heterocycles. The van der Waals surface area contributed by atoms with Crippen molar-refractivity contribution in [1.29, 1.82) is 0 Å². The molecule has 0 aliphatic carbocycles. The van der Waals surface area contributed by atoms with Gasteiger partial charge in [0.15, 0.2) is 0 Å². The van der Waals surface area contributed by atoms with Crippen molar-refractivity contribution in [1.82, 2.24) is 14.7 Å². The second-order valence-corrected chi connectivity index (χ2v) is 7.93. The van der Waals surface area contributed by atoms with E-state index < -0.39 is 0 Å². The second kappa shape index (κ2) is 5.95. The molecule has 0 radical (unpaired) electrons. The molecule has 0 aromatic rings. The molecule has 0 unspecified atom stereocenters. The molecule has 3 aliphatic rings. The highest BCUT2D eigenvalue weighted by Crippen LogP contribution is 2.30. The summed E-state index contributed by atoms with van der Waals surface area (Å²) < 4.78 is 0. The number of amides is 4. The average molecular weight is 335 g/mol. The molecule has 3 saturated heterocycles. The van der Waals surface area contributed by atoms with E-state index in [4.69, 9.17) is 0 Å². The summed E-state index contributed by atoms with van der Waals surface area (Å²) in [7, 11) is 0. The summed E-state index contributed by atoms with van der Waals surface area (Å²) in [4.78, 5) is 53.5. The number of likely N-dealkylation sites (tertiary alicyclic amines) is 3. The van der Waals surface area contributed by atoms with E-state index in [1.165, 1.54) is 9.80 Å². The predicted octanol–water partition coefficient (Wildman–Crippen LogP) is 0.526. The molecule has 0 aromatic carbocycles. The van der Waals surface area contributed by atoms with Crippen LogP contribution >= 0.6 is 0 Å². The molecule has 7 nitrogen and oxygen atoms in total. The van der Waals surface area contributed by atoms with Gasteiger partial charge in [-0.3, -0.25) is 33.9 Å². The third-order valence-corrected chi connectivity index (χ3v) is 5.27. The largest absolute Gasteiger partial charge is 0.294 e. The molecule has 3 aliphatic heterocycles. The van der Waals surface area contributed by atoms with E-state index in [1.807, 2.05) is 0 Å². The molecule has 0 bridgehead atoms. The fourth-order valence-corrected chi connectivity index (χ4v) is 3.97. The van der Waals surface area contributed by atoms with Crippen LogP contribution in [-0.2, 0) is 19.2 Å². The third-order valence-electron chi connectivity index (χ3n) is 5.27. The Kier molecular flexibility index (Phi) is 4.23. The first-order valence-corrected chi connectivity index (χ1v) is 8.63. The number of hydrogen-bond donors (Lipinski definition) is 0. The van der Waals surface area contributed by atoms with Crippen LogP contribution in [0.3, 0.4) is 0 Å². The first-order valence-electron chi connectivity index (χ1n) is 8.63. The highest BCUT2D eigenvalue weighted by atomic mass is 16.2. The van der Waals surface area contributed by atoms with Crippen LogP contribution in [0.5, 0.6) is 0 Å². The Bertz CT molecular complexity index is 519. The number of rotatable bonds is 2. The Morgan fingerprint density at radius 3 is 1.33 bits per heavy atom. The van der Waals surface area contributed by atoms with Crippen molar-refractivity contribution in [3.05, 3.63) is 0 Å². The van der Waals surface area contributed by atoms with E-state index >= 15 is 0 Å². The summed E-state index contributed by atoms with van der Waals surface area (Å²) in [6, 6.07) is -0.543. The molecule has 0 spiro atoms. The highest BCUT2D eigenvalue weighted by Gasteiger charge is 2.45. The zero-order chi connectivity index (χ0) is 17.6. The van der Waals surface area contributed by atoms with E-state index in [0.29, 0.717) is 19.5 Å². The van der Waals surface area contributed by atoms with Crippen LogP contribution in [0, 0.1) is 0 Å². The van der Waals surface area contributed by atoms with E-state index in [9.17, 15) is 19.2 Å². The third kappa shape index (κ3) is 2.97. The molecule has 24 heavy (non-hydrogen) atoms. The lowest BCUT2D eigenvalue weighted by atomic mass is 9.93. The predicted molar refractivity (Wildman–Crippen MR) is 85.7 cm³/mol. The Balaban J connectivity index is 1.87. The first-order chi connectivity index (χ1) is 11.2. The van der Waals surface area contributed by atoms with Gasteiger partial charge >= 0.3 is 0 Å². The summed E-state index contributed by atoms with van der Waals surface area (Å²) in [5, 5.41) is 0. The molecular formula is C17H25N3O4. The number of carbonyl (C=O) groups is 4. The fraction of sp³-hybridized carbons (Fsp3) is 0.765. The number of carbonyl (C=O) groups excluding carboxylic acids is 4. The lowest BCUT2D eigenvalue weighted by Crippen LogP contribution is -2.62. The summed E-state index contributed by atoms with van der Waals surface area (Å²) in [5.74, 6) is -0.561. The summed E-state index contributed by atoms with van der Waals surface area (Å²) in [6.07, 6.45) is 1.53. The molecular weight excluding hydrogens is 310 g/mol. The van der Waals surface area contributed by atoms with Crippen LogP contribution in [0.2, 0.25) is 0 Å². The van der Waals surface area contributed by atoms with E-state index in [1.54, 1.807) is 0 Å². The van der Waals surface area contributed by atoms with Gasteiger partial charge in [-0.1, -0.05) is 0 Å². The molecule has 2 atom stereocenters. The van der Waals surface area contributed by atoms with Crippen molar-refractivity contribution in [3.8, 4) is 0 Å². The summed E-state index contributed by atoms with van der Waals surface area (Å²) in [5.41, 5.74) is -0.172. The highest BCUT2D eigenvalue weighted by molar-refractivity contribution is 6.03. The van der Waals surface area contributed by atoms with Crippen LogP contribution in [0.25, 0.3) is 0 Å². The molecule has 3 fully saturated rings. The van der Waals surface area contributed by atoms with E-state index in [0.717, 1.165) is 0 Å². The van der Waals surface area contributed by atoms with Gasteiger partial charge < -0.3 is 0 Å². The van der Waals surface area contributed by atoms with Crippen LogP contribution in [0.15, 0.2) is 0 Å². The Morgan fingerprint density at radius 2 is 1.04 bits per heavy atom. The quantitative estimate of drug-likeness (QED) is 0.688. The van der Waals surface area contributed by atoms with Crippen LogP contribution in [-0.4, -0.2) is 69.0 Å². The summed E-state index contributed by atoms with van der Waals surface area (Å²) in [6.45, 7) is 7.37. The number of nitrogens with zero attached hydrogens (tertiary/aromatic N) is 3. The van der Waals surface area contributed by atoms with Gasteiger partial charge in [0.1, 0.15) is 0 Å². The maximum absolute atomic E-state index is 12.1. The Morgan fingerprint density at radius 1 is 0.708 bits per heavy atom. The molecule has 3 rings (SSSR count). The van der Waals surface area contributed by atoms with Crippen molar-refractivity contribution in [2.75, 3.05) is 13.1 Å². The second-order valence-electron chi connectivity index (χ2n) is 7.93. The van der Waals surface area contributed by atoms with Crippen molar-refractivity contribution in [2.24, 2.45) is 0 Å². The maximum Gasteiger partial charge on any atom is 0.229 e. The van der Waals surface area contributed by atoms with Crippen molar-refractivity contribution in [3.63, 3.8) is 0 Å². The molecule has 7 heteroatoms. The van der Waals surface area contributed by atoms with Gasteiger partial charge in [0.2, 0.25) is 23.6 Å². The molecule has 4 amide bonds. The Hall–Kier alpha value is -1.76. The van der Waals surface area contributed by atoms with Gasteiger partial charge in [-0.05, 0) is 27.2 Å². The van der Waals surface area contributed by atoms with E-state index in [2.05, 4.69) is 25.7 Å². The molecule has 0 N–H and O–H groups in total. The Labute approximate surface area is 141 Å². The minimum Gasteiger partial charge on any atom is -0.294 e. The number of piperidine rings is 1. The first kappa shape index (κ1) is 17.1. The SMILES string of the molecule is CC(C)(C)N1C[C@H](N2C(=O)CCC2=O)C[C@H](N2C(=O)CCC2=O)C1. The summed E-state index contributed by atoms with van der Waals surface area (Å²) >= 11 is 0. The molecule has 132 valence electrons. The lowest BCUT2D eigenvalue weighted by Gasteiger charge is -2.48. The average Bonchev–Trinajstić information content (AvgIpc) is 3.00. The minimum atomic E-state index is -0.272. The van der Waals surface area contributed by atoms with Gasteiger partial charge in [0, 0.05) is 44.3 Å². The molecule has 0 aromatic heterocycles. The van der Waals surface area contributed by atoms with Crippen molar-refractivity contribution >= 4 is 23.6 Å². The zero-order valence-corrected chi connectivity index (χ0v) is 14.6. The number of imide groups is 2. The van der Waals surface area contributed by atoms with E-state index in [-0.39, 0.29) is 66.9 Å². The smallest absolute Gasteiger partial charge is 0.229 e. The van der Waals surface area contributed by atoms with Gasteiger partial charge in [0.05, 0.1) is 12.1 Å². The van der Waals surface area contributed by atoms with Gasteiger partial charge in [-0.15, -0.1) is 0 Å². The van der Waals surface area contributed by atoms with Crippen LogP contribution in [0.4, 0.5) is 0 Å². The topological polar surface area (TPSA) is 78.0 Å². The normalized spacial score (nSPS) is 30.0. The van der Waals surface area contributed by atoms with Crippen molar-refractivity contribution < 1.29 is 19.2 Å². The van der Waals surface area contributed by atoms with Gasteiger partial charge in [0.25, 0.3) is 0 Å². The molecule has 0 saturated carbocycles. The monoisotopic (exact) mass is 335 g/mol. The van der Waals surface area contributed by atoms with Crippen LogP contribution in [0.1, 0.15) is 52.9 Å². The number of hydrogen-bond acceptors (Lipinski definition) is 5. The zero-order valence-electron chi connectivity index (χ0n) is 14.6. The standard InChI is InChI=1S/C17H25N3O4/c1-17(2,3)18-9-11(19-13(21)4-5-14(19)22)8-12(10-18)20-15(23)6-7-16(20)24/h11-12H,4-10H2,1-3H3/t11-,12+.